The Balaban J connectivity index is 4.10. The van der Waals surface area contributed by atoms with Gasteiger partial charge in [0.1, 0.15) is 0 Å². The Morgan fingerprint density at radius 1 is 1.10 bits per heavy atom. The molecule has 0 fully saturated rings. The molecule has 0 aliphatic carbocycles. The van der Waals surface area contributed by atoms with Gasteiger partial charge in [0.05, 0.1) is 0 Å². The van der Waals surface area contributed by atoms with Crippen molar-refractivity contribution in [3.63, 3.8) is 0 Å². The maximum Gasteiger partial charge on any atom is 0.344 e. The highest BCUT2D eigenvalue weighted by molar-refractivity contribution is 5.86. The number of carbonyl (C=O) groups is 2. The molecule has 0 spiro atoms. The topological polar surface area (TPSA) is 118 Å². The van der Waals surface area contributed by atoms with E-state index in [0.717, 1.165) is 32.1 Å². The number of hydrogen-bond donors (Lipinski definition) is 4. The van der Waals surface area contributed by atoms with Crippen LogP contribution >= 0.6 is 0 Å². The van der Waals surface area contributed by atoms with E-state index >= 15 is 0 Å². The molecule has 0 heterocycles. The summed E-state index contributed by atoms with van der Waals surface area (Å²) in [5.41, 5.74) is 9.46. The van der Waals surface area contributed by atoms with E-state index in [1.165, 1.54) is 0 Å². The van der Waals surface area contributed by atoms with Crippen molar-refractivity contribution in [2.45, 2.75) is 70.4 Å². The Morgan fingerprint density at radius 3 is 2.30 bits per heavy atom. The zero-order valence-corrected chi connectivity index (χ0v) is 12.5. The minimum absolute atomic E-state index is 0.196. The third-order valence-electron chi connectivity index (χ3n) is 3.28. The van der Waals surface area contributed by atoms with Crippen molar-refractivity contribution in [3.05, 3.63) is 0 Å². The van der Waals surface area contributed by atoms with Crippen LogP contribution in [0.3, 0.4) is 0 Å². The van der Waals surface area contributed by atoms with E-state index < -0.39 is 11.6 Å². The number of aliphatic carboxylic acids is 1. The van der Waals surface area contributed by atoms with Crippen LogP contribution in [0.1, 0.15) is 64.7 Å². The van der Waals surface area contributed by atoms with Crippen molar-refractivity contribution in [3.8, 4) is 0 Å². The molecular formula is C14H29N3O3. The first-order valence-corrected chi connectivity index (χ1v) is 7.49. The smallest absolute Gasteiger partial charge is 0.344 e. The molecule has 0 bridgehead atoms. The zero-order valence-electron chi connectivity index (χ0n) is 12.5. The van der Waals surface area contributed by atoms with Gasteiger partial charge in [-0.3, -0.25) is 10.5 Å². The molecule has 0 radical (unpaired) electrons. The van der Waals surface area contributed by atoms with Crippen molar-refractivity contribution in [1.82, 2.24) is 5.32 Å². The Hall–Kier alpha value is -1.14. The van der Waals surface area contributed by atoms with E-state index in [1.54, 1.807) is 0 Å². The summed E-state index contributed by atoms with van der Waals surface area (Å²) >= 11 is 0. The molecule has 118 valence electrons. The maximum atomic E-state index is 11.7. The summed E-state index contributed by atoms with van der Waals surface area (Å²) in [6, 6.07) is 0. The van der Waals surface area contributed by atoms with Gasteiger partial charge in [-0.2, -0.15) is 0 Å². The molecule has 0 saturated carbocycles. The van der Waals surface area contributed by atoms with Gasteiger partial charge in [-0.15, -0.1) is 0 Å². The van der Waals surface area contributed by atoms with Crippen LogP contribution in [0, 0.1) is 0 Å². The molecule has 20 heavy (non-hydrogen) atoms. The number of nitrogens with one attached hydrogen (secondary N) is 1. The monoisotopic (exact) mass is 287 g/mol. The number of carbonyl (C=O) groups excluding carboxylic acids is 1. The summed E-state index contributed by atoms with van der Waals surface area (Å²) in [6.07, 6.45) is 6.97. The van der Waals surface area contributed by atoms with Gasteiger partial charge < -0.3 is 16.2 Å². The number of carboxylic acids is 1. The summed E-state index contributed by atoms with van der Waals surface area (Å²) in [7, 11) is 0. The second kappa shape index (κ2) is 10.6. The number of amides is 1. The van der Waals surface area contributed by atoms with Gasteiger partial charge in [-0.1, -0.05) is 32.6 Å². The fourth-order valence-corrected chi connectivity index (χ4v) is 1.97. The highest BCUT2D eigenvalue weighted by Gasteiger charge is 2.34. The summed E-state index contributed by atoms with van der Waals surface area (Å²) in [4.78, 5) is 22.9. The van der Waals surface area contributed by atoms with Gasteiger partial charge in [0.2, 0.25) is 5.91 Å². The standard InChI is InChI=1S/C14H29N3O3/c1-2-3-4-5-6-9-12(18)17-14(16,13(19)20)10-7-8-11-15/h2-11,15-16H2,1H3,(H,17,18)(H,19,20)/t14-/m1/s1. The van der Waals surface area contributed by atoms with Crippen molar-refractivity contribution in [2.24, 2.45) is 11.5 Å². The SMILES string of the molecule is CCCCCCCC(=O)N[C@](N)(CCCCN)C(=O)O. The third-order valence-corrected chi connectivity index (χ3v) is 3.28. The molecule has 0 rings (SSSR count). The first kappa shape index (κ1) is 18.9. The van der Waals surface area contributed by atoms with Crippen molar-refractivity contribution >= 4 is 11.9 Å². The second-order valence-electron chi connectivity index (χ2n) is 5.23. The lowest BCUT2D eigenvalue weighted by molar-refractivity contribution is -0.148. The number of unbranched alkanes of at least 4 members (excludes halogenated alkanes) is 5. The average Bonchev–Trinajstić information content (AvgIpc) is 2.38. The van der Waals surface area contributed by atoms with Gasteiger partial charge in [-0.05, 0) is 32.2 Å². The van der Waals surface area contributed by atoms with Gasteiger partial charge in [0, 0.05) is 6.42 Å². The molecule has 6 nitrogen and oxygen atoms in total. The Bertz CT molecular complexity index is 297. The van der Waals surface area contributed by atoms with Gasteiger partial charge >= 0.3 is 5.97 Å². The fourth-order valence-electron chi connectivity index (χ4n) is 1.97. The lowest BCUT2D eigenvalue weighted by Crippen LogP contribution is -2.61. The molecule has 1 amide bonds. The Labute approximate surface area is 121 Å². The fraction of sp³-hybridized carbons (Fsp3) is 0.857. The third kappa shape index (κ3) is 8.12. The van der Waals surface area contributed by atoms with Crippen molar-refractivity contribution in [2.75, 3.05) is 6.54 Å². The summed E-state index contributed by atoms with van der Waals surface area (Å²) in [5, 5.41) is 11.6. The van der Waals surface area contributed by atoms with E-state index in [9.17, 15) is 9.59 Å². The van der Waals surface area contributed by atoms with E-state index in [1.807, 2.05) is 0 Å². The highest BCUT2D eigenvalue weighted by atomic mass is 16.4. The highest BCUT2D eigenvalue weighted by Crippen LogP contribution is 2.10. The normalized spacial score (nSPS) is 13.8. The molecular weight excluding hydrogens is 258 g/mol. The van der Waals surface area contributed by atoms with Crippen LogP contribution in [0.2, 0.25) is 0 Å². The van der Waals surface area contributed by atoms with Crippen LogP contribution in [0.4, 0.5) is 0 Å². The summed E-state index contributed by atoms with van der Waals surface area (Å²) in [5.74, 6) is -1.49. The van der Waals surface area contributed by atoms with Crippen LogP contribution in [-0.4, -0.2) is 29.2 Å². The number of carboxylic acid groups (broad SMARTS) is 1. The lowest BCUT2D eigenvalue weighted by atomic mass is 10.0. The molecule has 0 unspecified atom stereocenters. The predicted molar refractivity (Wildman–Crippen MR) is 79.0 cm³/mol. The van der Waals surface area contributed by atoms with E-state index in [0.29, 0.717) is 25.8 Å². The molecule has 6 N–H and O–H groups in total. The Morgan fingerprint density at radius 2 is 1.75 bits per heavy atom. The predicted octanol–water partition coefficient (Wildman–Crippen LogP) is 1.33. The number of rotatable bonds is 12. The Kier molecular flexibility index (Phi) is 10.0. The van der Waals surface area contributed by atoms with Crippen LogP contribution in [0.15, 0.2) is 0 Å². The van der Waals surface area contributed by atoms with E-state index in [-0.39, 0.29) is 12.3 Å². The summed E-state index contributed by atoms with van der Waals surface area (Å²) in [6.45, 7) is 2.62. The number of hydrogen-bond acceptors (Lipinski definition) is 4. The first-order chi connectivity index (χ1) is 9.46. The average molecular weight is 287 g/mol. The first-order valence-electron chi connectivity index (χ1n) is 7.49. The number of nitrogens with two attached hydrogens (primary N) is 2. The van der Waals surface area contributed by atoms with Gasteiger partial charge in [-0.25, -0.2) is 4.79 Å². The van der Waals surface area contributed by atoms with Crippen LogP contribution < -0.4 is 16.8 Å². The molecule has 0 saturated heterocycles. The molecule has 6 heteroatoms. The summed E-state index contributed by atoms with van der Waals surface area (Å²) < 4.78 is 0. The minimum atomic E-state index is -1.67. The van der Waals surface area contributed by atoms with E-state index in [2.05, 4.69) is 12.2 Å². The van der Waals surface area contributed by atoms with Crippen molar-refractivity contribution in [1.29, 1.82) is 0 Å². The molecule has 0 aromatic heterocycles. The van der Waals surface area contributed by atoms with Crippen LogP contribution in [0.5, 0.6) is 0 Å². The molecule has 1 atom stereocenters. The zero-order chi connectivity index (χ0) is 15.4. The van der Waals surface area contributed by atoms with E-state index in [4.69, 9.17) is 16.6 Å². The molecule has 0 aliphatic heterocycles. The van der Waals surface area contributed by atoms with Gasteiger partial charge in [0.15, 0.2) is 5.66 Å². The largest absolute Gasteiger partial charge is 0.478 e. The van der Waals surface area contributed by atoms with Crippen molar-refractivity contribution < 1.29 is 14.7 Å². The van der Waals surface area contributed by atoms with Crippen LogP contribution in [0.25, 0.3) is 0 Å². The minimum Gasteiger partial charge on any atom is -0.478 e. The van der Waals surface area contributed by atoms with Gasteiger partial charge in [0.25, 0.3) is 0 Å². The molecule has 0 aliphatic rings. The maximum absolute atomic E-state index is 11.7. The molecule has 0 aromatic rings. The second-order valence-corrected chi connectivity index (χ2v) is 5.23. The molecule has 0 aromatic carbocycles. The van der Waals surface area contributed by atoms with Crippen LogP contribution in [-0.2, 0) is 9.59 Å². The quantitative estimate of drug-likeness (QED) is 0.319. The lowest BCUT2D eigenvalue weighted by Gasteiger charge is -2.26.